The highest BCUT2D eigenvalue weighted by Gasteiger charge is 2.19. The second-order valence-corrected chi connectivity index (χ2v) is 6.48. The molecule has 2 heterocycles. The Balaban J connectivity index is 1.43. The standard InChI is InChI=1S/C17H19ClF2N4/c18-16-3-4-17(23-22-16)21-10-12-5-7-24(8-6-12)11-13-1-2-14(19)15(20)9-13/h1-4,9,12H,5-8,10-11H2,(H,21,23). The van der Waals surface area contributed by atoms with E-state index in [0.717, 1.165) is 43.9 Å². The SMILES string of the molecule is Fc1ccc(CN2CCC(CNc3ccc(Cl)nn3)CC2)cc1F. The average molecular weight is 353 g/mol. The van der Waals surface area contributed by atoms with E-state index in [2.05, 4.69) is 20.4 Å². The second-order valence-electron chi connectivity index (χ2n) is 6.09. The Morgan fingerprint density at radius 1 is 1.08 bits per heavy atom. The van der Waals surface area contributed by atoms with Crippen molar-refractivity contribution in [3.63, 3.8) is 0 Å². The first-order valence-corrected chi connectivity index (χ1v) is 8.37. The van der Waals surface area contributed by atoms with E-state index in [-0.39, 0.29) is 0 Å². The molecule has 4 nitrogen and oxygen atoms in total. The summed E-state index contributed by atoms with van der Waals surface area (Å²) in [5.74, 6) is -0.295. The molecule has 1 saturated heterocycles. The van der Waals surface area contributed by atoms with Gasteiger partial charge in [0.05, 0.1) is 0 Å². The van der Waals surface area contributed by atoms with E-state index in [1.807, 2.05) is 6.07 Å². The first-order valence-electron chi connectivity index (χ1n) is 7.99. The van der Waals surface area contributed by atoms with Crippen LogP contribution in [0.2, 0.25) is 5.15 Å². The van der Waals surface area contributed by atoms with Gasteiger partial charge in [0.1, 0.15) is 5.82 Å². The highest BCUT2D eigenvalue weighted by molar-refractivity contribution is 6.29. The summed E-state index contributed by atoms with van der Waals surface area (Å²) in [7, 11) is 0. The zero-order valence-corrected chi connectivity index (χ0v) is 13.9. The molecular formula is C17H19ClF2N4. The van der Waals surface area contributed by atoms with Crippen LogP contribution in [0.5, 0.6) is 0 Å². The van der Waals surface area contributed by atoms with Crippen LogP contribution in [0.4, 0.5) is 14.6 Å². The molecular weight excluding hydrogens is 334 g/mol. The summed E-state index contributed by atoms with van der Waals surface area (Å²) in [6.07, 6.45) is 2.11. The minimum Gasteiger partial charge on any atom is -0.368 e. The summed E-state index contributed by atoms with van der Waals surface area (Å²) in [5.41, 5.74) is 0.807. The number of halogens is 3. The van der Waals surface area contributed by atoms with Crippen LogP contribution >= 0.6 is 11.6 Å². The molecule has 1 aromatic heterocycles. The fourth-order valence-corrected chi connectivity index (χ4v) is 3.00. The Kier molecular flexibility index (Phi) is 5.58. The van der Waals surface area contributed by atoms with Crippen molar-refractivity contribution < 1.29 is 8.78 Å². The summed E-state index contributed by atoms with van der Waals surface area (Å²) < 4.78 is 26.2. The van der Waals surface area contributed by atoms with E-state index < -0.39 is 11.6 Å². The van der Waals surface area contributed by atoms with E-state index >= 15 is 0 Å². The molecule has 1 fully saturated rings. The first kappa shape index (κ1) is 17.0. The van der Waals surface area contributed by atoms with Gasteiger partial charge < -0.3 is 5.32 Å². The normalized spacial score (nSPS) is 16.3. The average Bonchev–Trinajstić information content (AvgIpc) is 2.59. The quantitative estimate of drug-likeness (QED) is 0.890. The molecule has 0 atom stereocenters. The highest BCUT2D eigenvalue weighted by atomic mass is 35.5. The Hall–Kier alpha value is -1.79. The molecule has 1 aromatic carbocycles. The van der Waals surface area contributed by atoms with Gasteiger partial charge in [-0.25, -0.2) is 8.78 Å². The van der Waals surface area contributed by atoms with Crippen molar-refractivity contribution in [1.29, 1.82) is 0 Å². The third kappa shape index (κ3) is 4.61. The fourth-order valence-electron chi connectivity index (χ4n) is 2.90. The second kappa shape index (κ2) is 7.85. The minimum absolute atomic E-state index is 0.381. The molecule has 1 aliphatic heterocycles. The van der Waals surface area contributed by atoms with Crippen LogP contribution < -0.4 is 5.32 Å². The van der Waals surface area contributed by atoms with Crippen molar-refractivity contribution >= 4 is 17.4 Å². The molecule has 0 spiro atoms. The first-order chi connectivity index (χ1) is 11.6. The molecule has 0 aliphatic carbocycles. The molecule has 0 amide bonds. The Labute approximate surface area is 144 Å². The Bertz CT molecular complexity index is 673. The molecule has 1 aliphatic rings. The molecule has 0 radical (unpaired) electrons. The van der Waals surface area contributed by atoms with Crippen molar-refractivity contribution in [3.8, 4) is 0 Å². The summed E-state index contributed by atoms with van der Waals surface area (Å²) in [6.45, 7) is 3.38. The number of likely N-dealkylation sites (tertiary alicyclic amines) is 1. The molecule has 1 N–H and O–H groups in total. The number of aromatic nitrogens is 2. The van der Waals surface area contributed by atoms with Gasteiger partial charge in [-0.2, -0.15) is 0 Å². The molecule has 0 bridgehead atoms. The summed E-state index contributed by atoms with van der Waals surface area (Å²) in [5, 5.41) is 11.4. The van der Waals surface area contributed by atoms with E-state index in [4.69, 9.17) is 11.6 Å². The number of piperidine rings is 1. The highest BCUT2D eigenvalue weighted by Crippen LogP contribution is 2.20. The van der Waals surface area contributed by atoms with Crippen LogP contribution in [0.15, 0.2) is 30.3 Å². The van der Waals surface area contributed by atoms with Gasteiger partial charge >= 0.3 is 0 Å². The van der Waals surface area contributed by atoms with Crippen molar-refractivity contribution in [2.45, 2.75) is 19.4 Å². The van der Waals surface area contributed by atoms with Crippen LogP contribution in [-0.2, 0) is 6.54 Å². The van der Waals surface area contributed by atoms with Crippen LogP contribution in [0, 0.1) is 17.6 Å². The predicted molar refractivity (Wildman–Crippen MR) is 89.9 cm³/mol. The van der Waals surface area contributed by atoms with Crippen molar-refractivity contribution in [2.75, 3.05) is 25.0 Å². The maximum Gasteiger partial charge on any atom is 0.159 e. The smallest absolute Gasteiger partial charge is 0.159 e. The maximum absolute atomic E-state index is 13.3. The number of hydrogen-bond donors (Lipinski definition) is 1. The van der Waals surface area contributed by atoms with Crippen LogP contribution in [0.1, 0.15) is 18.4 Å². The third-order valence-electron chi connectivity index (χ3n) is 4.30. The molecule has 7 heteroatoms. The van der Waals surface area contributed by atoms with E-state index in [1.54, 1.807) is 12.1 Å². The Morgan fingerprint density at radius 2 is 1.88 bits per heavy atom. The zero-order valence-electron chi connectivity index (χ0n) is 13.2. The number of benzene rings is 1. The summed E-state index contributed by atoms with van der Waals surface area (Å²) in [4.78, 5) is 2.27. The lowest BCUT2D eigenvalue weighted by atomic mass is 9.96. The summed E-state index contributed by atoms with van der Waals surface area (Å²) in [6, 6.07) is 7.64. The van der Waals surface area contributed by atoms with Crippen molar-refractivity contribution in [2.24, 2.45) is 5.92 Å². The van der Waals surface area contributed by atoms with Gasteiger partial charge in [-0.15, -0.1) is 10.2 Å². The number of anilines is 1. The monoisotopic (exact) mass is 352 g/mol. The number of rotatable bonds is 5. The van der Waals surface area contributed by atoms with Gasteiger partial charge in [0, 0.05) is 13.1 Å². The lowest BCUT2D eigenvalue weighted by molar-refractivity contribution is 0.182. The van der Waals surface area contributed by atoms with E-state index in [9.17, 15) is 8.78 Å². The molecule has 24 heavy (non-hydrogen) atoms. The van der Waals surface area contributed by atoms with E-state index in [0.29, 0.717) is 17.6 Å². The van der Waals surface area contributed by atoms with Crippen LogP contribution in [0.3, 0.4) is 0 Å². The molecule has 128 valence electrons. The van der Waals surface area contributed by atoms with E-state index in [1.165, 1.54) is 12.1 Å². The number of nitrogens with one attached hydrogen (secondary N) is 1. The minimum atomic E-state index is -0.797. The van der Waals surface area contributed by atoms with Gasteiger partial charge in [0.2, 0.25) is 0 Å². The van der Waals surface area contributed by atoms with Crippen LogP contribution in [0.25, 0.3) is 0 Å². The van der Waals surface area contributed by atoms with Crippen molar-refractivity contribution in [3.05, 3.63) is 52.7 Å². The zero-order chi connectivity index (χ0) is 16.9. The number of nitrogens with zero attached hydrogens (tertiary/aromatic N) is 3. The lowest BCUT2D eigenvalue weighted by Gasteiger charge is -2.32. The van der Waals surface area contributed by atoms with Crippen molar-refractivity contribution in [1.82, 2.24) is 15.1 Å². The van der Waals surface area contributed by atoms with Gasteiger partial charge in [-0.1, -0.05) is 17.7 Å². The van der Waals surface area contributed by atoms with Gasteiger partial charge in [0.25, 0.3) is 0 Å². The fraction of sp³-hybridized carbons (Fsp3) is 0.412. The molecule has 3 rings (SSSR count). The van der Waals surface area contributed by atoms with Crippen LogP contribution in [-0.4, -0.2) is 34.7 Å². The topological polar surface area (TPSA) is 41.0 Å². The molecule has 0 unspecified atom stereocenters. The van der Waals surface area contributed by atoms with Gasteiger partial charge in [-0.3, -0.25) is 4.90 Å². The Morgan fingerprint density at radius 3 is 2.54 bits per heavy atom. The molecule has 0 saturated carbocycles. The van der Waals surface area contributed by atoms with Gasteiger partial charge in [-0.05, 0) is 61.7 Å². The third-order valence-corrected chi connectivity index (χ3v) is 4.50. The lowest BCUT2D eigenvalue weighted by Crippen LogP contribution is -2.35. The largest absolute Gasteiger partial charge is 0.368 e. The maximum atomic E-state index is 13.3. The van der Waals surface area contributed by atoms with Gasteiger partial charge in [0.15, 0.2) is 16.8 Å². The summed E-state index contributed by atoms with van der Waals surface area (Å²) >= 11 is 5.71. The predicted octanol–water partition coefficient (Wildman–Crippen LogP) is 3.73. The number of hydrogen-bond acceptors (Lipinski definition) is 4. The molecule has 2 aromatic rings.